The second-order valence-electron chi connectivity index (χ2n) is 6.19. The van der Waals surface area contributed by atoms with Gasteiger partial charge in [-0.25, -0.2) is 13.1 Å². The molecule has 2 aromatic heterocycles. The Morgan fingerprint density at radius 2 is 1.88 bits per heavy atom. The quantitative estimate of drug-likeness (QED) is 0.689. The third-order valence-electron chi connectivity index (χ3n) is 4.25. The van der Waals surface area contributed by atoms with Gasteiger partial charge < -0.3 is 9.40 Å². The molecular formula is C18H22N4O3S. The predicted octanol–water partition coefficient (Wildman–Crippen LogP) is 3.28. The monoisotopic (exact) mass is 374 g/mol. The number of aromatic amines is 1. The van der Waals surface area contributed by atoms with Crippen molar-refractivity contribution < 1.29 is 12.8 Å². The SMILES string of the molecule is CCc1nnc(-c2[nH]c(C)c(S(=O)(=O)NC(C)c3ccccc3)c2C)o1. The third kappa shape index (κ3) is 3.42. The van der Waals surface area contributed by atoms with Crippen molar-refractivity contribution in [1.82, 2.24) is 19.9 Å². The first-order valence-corrected chi connectivity index (χ1v) is 9.91. The Kier molecular flexibility index (Phi) is 4.97. The van der Waals surface area contributed by atoms with E-state index in [-0.39, 0.29) is 10.9 Å². The minimum Gasteiger partial charge on any atom is -0.419 e. The van der Waals surface area contributed by atoms with Gasteiger partial charge in [0.25, 0.3) is 5.89 Å². The van der Waals surface area contributed by atoms with Crippen molar-refractivity contribution in [2.45, 2.75) is 45.1 Å². The Labute approximate surface area is 152 Å². The molecule has 1 unspecified atom stereocenters. The van der Waals surface area contributed by atoms with Gasteiger partial charge in [-0.1, -0.05) is 37.3 Å². The maximum atomic E-state index is 13.0. The molecule has 1 atom stereocenters. The van der Waals surface area contributed by atoms with Gasteiger partial charge in [0.15, 0.2) is 0 Å². The van der Waals surface area contributed by atoms with Gasteiger partial charge in [0, 0.05) is 18.2 Å². The highest BCUT2D eigenvalue weighted by molar-refractivity contribution is 7.89. The highest BCUT2D eigenvalue weighted by Gasteiger charge is 2.28. The molecule has 0 spiro atoms. The Morgan fingerprint density at radius 3 is 2.50 bits per heavy atom. The van der Waals surface area contributed by atoms with Gasteiger partial charge in [-0.05, 0) is 31.9 Å². The number of aryl methyl sites for hydroxylation is 2. The number of nitrogens with one attached hydrogen (secondary N) is 2. The molecule has 0 aliphatic carbocycles. The average molecular weight is 374 g/mol. The minimum atomic E-state index is -3.73. The summed E-state index contributed by atoms with van der Waals surface area (Å²) < 4.78 is 34.2. The van der Waals surface area contributed by atoms with Crippen LogP contribution < -0.4 is 4.72 Å². The maximum Gasteiger partial charge on any atom is 0.264 e. The Bertz CT molecular complexity index is 1010. The van der Waals surface area contributed by atoms with E-state index in [2.05, 4.69) is 19.9 Å². The topological polar surface area (TPSA) is 101 Å². The number of H-pyrrole nitrogens is 1. The molecule has 1 aromatic carbocycles. The van der Waals surface area contributed by atoms with Crippen LogP contribution in [0.15, 0.2) is 39.6 Å². The molecule has 2 heterocycles. The van der Waals surface area contributed by atoms with Crippen LogP contribution >= 0.6 is 0 Å². The van der Waals surface area contributed by atoms with Crippen molar-refractivity contribution in [1.29, 1.82) is 0 Å². The van der Waals surface area contributed by atoms with Gasteiger partial charge in [0.1, 0.15) is 10.6 Å². The Balaban J connectivity index is 1.95. The average Bonchev–Trinajstić information content (AvgIpc) is 3.19. The summed E-state index contributed by atoms with van der Waals surface area (Å²) in [4.78, 5) is 3.28. The fraction of sp³-hybridized carbons (Fsp3) is 0.333. The van der Waals surface area contributed by atoms with Crippen LogP contribution in [0.2, 0.25) is 0 Å². The smallest absolute Gasteiger partial charge is 0.264 e. The fourth-order valence-electron chi connectivity index (χ4n) is 2.95. The molecule has 3 aromatic rings. The molecule has 0 bridgehead atoms. The first-order valence-electron chi connectivity index (χ1n) is 8.42. The molecule has 0 radical (unpaired) electrons. The zero-order valence-electron chi connectivity index (χ0n) is 15.2. The standard InChI is InChI=1S/C18H22N4O3S/c1-5-15-20-21-18(25-15)16-11(2)17(13(4)19-16)26(23,24)22-12(3)14-9-7-6-8-10-14/h6-10,12,19,22H,5H2,1-4H3. The van der Waals surface area contributed by atoms with Crippen molar-refractivity contribution in [3.63, 3.8) is 0 Å². The summed E-state index contributed by atoms with van der Waals surface area (Å²) in [5.41, 5.74) is 2.51. The van der Waals surface area contributed by atoms with Crippen LogP contribution in [-0.4, -0.2) is 23.6 Å². The number of rotatable bonds is 6. The summed E-state index contributed by atoms with van der Waals surface area (Å²) in [6.07, 6.45) is 0.618. The molecule has 0 amide bonds. The van der Waals surface area contributed by atoms with Crippen LogP contribution in [0.5, 0.6) is 0 Å². The van der Waals surface area contributed by atoms with Crippen LogP contribution in [0.1, 0.15) is 42.6 Å². The lowest BCUT2D eigenvalue weighted by Crippen LogP contribution is -2.27. The molecule has 8 heteroatoms. The Morgan fingerprint density at radius 1 is 1.19 bits per heavy atom. The first-order chi connectivity index (χ1) is 12.3. The summed E-state index contributed by atoms with van der Waals surface area (Å²) in [5.74, 6) is 0.798. The molecule has 0 aliphatic heterocycles. The Hall–Kier alpha value is -2.45. The second kappa shape index (κ2) is 7.05. The fourth-order valence-corrected chi connectivity index (χ4v) is 4.63. The zero-order valence-corrected chi connectivity index (χ0v) is 16.0. The van der Waals surface area contributed by atoms with Crippen LogP contribution in [0.25, 0.3) is 11.6 Å². The van der Waals surface area contributed by atoms with Crippen LogP contribution in [0.4, 0.5) is 0 Å². The van der Waals surface area contributed by atoms with Gasteiger partial charge in [-0.2, -0.15) is 0 Å². The number of aromatic nitrogens is 3. The lowest BCUT2D eigenvalue weighted by molar-refractivity contribution is 0.511. The van der Waals surface area contributed by atoms with E-state index in [1.54, 1.807) is 13.8 Å². The lowest BCUT2D eigenvalue weighted by Gasteiger charge is -2.15. The van der Waals surface area contributed by atoms with E-state index in [0.717, 1.165) is 5.56 Å². The van der Waals surface area contributed by atoms with Crippen molar-refractivity contribution in [3.05, 3.63) is 53.0 Å². The zero-order chi connectivity index (χ0) is 18.9. The van der Waals surface area contributed by atoms with E-state index in [9.17, 15) is 8.42 Å². The molecule has 0 saturated carbocycles. The molecule has 3 rings (SSSR count). The molecule has 0 aliphatic rings. The second-order valence-corrected chi connectivity index (χ2v) is 7.84. The summed E-state index contributed by atoms with van der Waals surface area (Å²) in [5, 5.41) is 7.94. The highest BCUT2D eigenvalue weighted by atomic mass is 32.2. The van der Waals surface area contributed by atoms with E-state index in [1.165, 1.54) is 0 Å². The number of sulfonamides is 1. The van der Waals surface area contributed by atoms with Crippen LogP contribution in [-0.2, 0) is 16.4 Å². The lowest BCUT2D eigenvalue weighted by atomic mass is 10.1. The van der Waals surface area contributed by atoms with Gasteiger partial charge in [-0.15, -0.1) is 10.2 Å². The van der Waals surface area contributed by atoms with Crippen LogP contribution in [0, 0.1) is 13.8 Å². The van der Waals surface area contributed by atoms with E-state index >= 15 is 0 Å². The number of nitrogens with zero attached hydrogens (tertiary/aromatic N) is 2. The molecule has 0 fully saturated rings. The van der Waals surface area contributed by atoms with Gasteiger partial charge in [0.2, 0.25) is 15.9 Å². The van der Waals surface area contributed by atoms with Gasteiger partial charge in [-0.3, -0.25) is 0 Å². The van der Waals surface area contributed by atoms with E-state index in [0.29, 0.717) is 35.2 Å². The number of benzene rings is 1. The maximum absolute atomic E-state index is 13.0. The summed E-state index contributed by atoms with van der Waals surface area (Å²) in [7, 11) is -3.73. The van der Waals surface area contributed by atoms with E-state index in [1.807, 2.05) is 44.2 Å². The van der Waals surface area contributed by atoms with Crippen molar-refractivity contribution >= 4 is 10.0 Å². The highest BCUT2D eigenvalue weighted by Crippen LogP contribution is 2.30. The predicted molar refractivity (Wildman–Crippen MR) is 98.1 cm³/mol. The summed E-state index contributed by atoms with van der Waals surface area (Å²) >= 11 is 0. The minimum absolute atomic E-state index is 0.214. The molecule has 2 N–H and O–H groups in total. The normalized spacial score (nSPS) is 13.1. The van der Waals surface area contributed by atoms with Gasteiger partial charge in [0.05, 0.1) is 0 Å². The third-order valence-corrected chi connectivity index (χ3v) is 6.07. The largest absolute Gasteiger partial charge is 0.419 e. The number of hydrogen-bond donors (Lipinski definition) is 2. The summed E-state index contributed by atoms with van der Waals surface area (Å²) in [6.45, 7) is 7.18. The molecule has 26 heavy (non-hydrogen) atoms. The van der Waals surface area contributed by atoms with Crippen LogP contribution in [0.3, 0.4) is 0 Å². The van der Waals surface area contributed by atoms with Crippen molar-refractivity contribution in [3.8, 4) is 11.6 Å². The van der Waals surface area contributed by atoms with E-state index in [4.69, 9.17) is 4.42 Å². The summed E-state index contributed by atoms with van der Waals surface area (Å²) in [6, 6.07) is 9.08. The number of hydrogen-bond acceptors (Lipinski definition) is 5. The molecular weight excluding hydrogens is 352 g/mol. The molecule has 138 valence electrons. The van der Waals surface area contributed by atoms with E-state index < -0.39 is 10.0 Å². The van der Waals surface area contributed by atoms with Crippen molar-refractivity contribution in [2.24, 2.45) is 0 Å². The van der Waals surface area contributed by atoms with Gasteiger partial charge >= 0.3 is 0 Å². The molecule has 7 nitrogen and oxygen atoms in total. The van der Waals surface area contributed by atoms with Crippen molar-refractivity contribution in [2.75, 3.05) is 0 Å². The molecule has 0 saturated heterocycles. The first kappa shape index (κ1) is 18.3.